The fourth-order valence-electron chi connectivity index (χ4n) is 1.91. The second-order valence-electron chi connectivity index (χ2n) is 5.26. The van der Waals surface area contributed by atoms with Crippen molar-refractivity contribution in [3.05, 3.63) is 23.5 Å². The molecule has 0 spiro atoms. The van der Waals surface area contributed by atoms with Crippen LogP contribution in [0.2, 0.25) is 0 Å². The van der Waals surface area contributed by atoms with E-state index in [2.05, 4.69) is 19.2 Å². The summed E-state index contributed by atoms with van der Waals surface area (Å²) in [6, 6.07) is 3.01. The van der Waals surface area contributed by atoms with E-state index in [1.807, 2.05) is 0 Å². The van der Waals surface area contributed by atoms with Gasteiger partial charge in [0.05, 0.1) is 27.4 Å². The lowest BCUT2D eigenvalue weighted by molar-refractivity contribution is 0.138. The van der Waals surface area contributed by atoms with Gasteiger partial charge in [0.2, 0.25) is 0 Å². The lowest BCUT2D eigenvalue weighted by Crippen LogP contribution is -2.24. The fraction of sp³-hybridized carbons (Fsp3) is 0.625. The average Bonchev–Trinajstić information content (AvgIpc) is 2.46. The minimum atomic E-state index is -0.297. The number of methoxy groups -OCH3 is 2. The van der Waals surface area contributed by atoms with Crippen molar-refractivity contribution in [2.75, 3.05) is 40.5 Å². The maximum Gasteiger partial charge on any atom is 0.163 e. The van der Waals surface area contributed by atoms with E-state index in [0.717, 1.165) is 13.1 Å². The van der Waals surface area contributed by atoms with E-state index in [0.29, 0.717) is 42.6 Å². The number of ether oxygens (including phenoxy) is 3. The molecule has 0 fully saturated rings. The van der Waals surface area contributed by atoms with E-state index in [1.165, 1.54) is 20.3 Å². The molecule has 0 aromatic heterocycles. The molecular formula is C16H26FNO3. The second kappa shape index (κ2) is 9.58. The second-order valence-corrected chi connectivity index (χ2v) is 5.26. The third kappa shape index (κ3) is 6.31. The molecule has 0 heterocycles. The van der Waals surface area contributed by atoms with Crippen molar-refractivity contribution >= 4 is 0 Å². The Morgan fingerprint density at radius 1 is 1.10 bits per heavy atom. The molecule has 0 radical (unpaired) electrons. The summed E-state index contributed by atoms with van der Waals surface area (Å²) < 4.78 is 29.6. The first-order chi connectivity index (χ1) is 10.1. The first-order valence-corrected chi connectivity index (χ1v) is 7.27. The number of hydrogen-bond donors (Lipinski definition) is 1. The van der Waals surface area contributed by atoms with Gasteiger partial charge in [0, 0.05) is 12.6 Å². The van der Waals surface area contributed by atoms with Crippen molar-refractivity contribution in [1.29, 1.82) is 0 Å². The molecule has 1 aromatic rings. The van der Waals surface area contributed by atoms with E-state index in [4.69, 9.17) is 14.2 Å². The lowest BCUT2D eigenvalue weighted by atomic mass is 10.1. The van der Waals surface area contributed by atoms with Gasteiger partial charge in [-0.15, -0.1) is 0 Å². The zero-order chi connectivity index (χ0) is 15.7. The normalized spacial score (nSPS) is 11.0. The Hall–Kier alpha value is -1.33. The summed E-state index contributed by atoms with van der Waals surface area (Å²) in [6.07, 6.45) is 0.510. The van der Waals surface area contributed by atoms with Crippen LogP contribution >= 0.6 is 0 Å². The van der Waals surface area contributed by atoms with Crippen molar-refractivity contribution in [3.63, 3.8) is 0 Å². The van der Waals surface area contributed by atoms with Crippen molar-refractivity contribution in [1.82, 2.24) is 5.32 Å². The molecule has 0 aliphatic rings. The van der Waals surface area contributed by atoms with Gasteiger partial charge in [-0.25, -0.2) is 4.39 Å². The van der Waals surface area contributed by atoms with Crippen LogP contribution in [0.25, 0.3) is 0 Å². The van der Waals surface area contributed by atoms with Crippen molar-refractivity contribution in [2.24, 2.45) is 5.92 Å². The lowest BCUT2D eigenvalue weighted by Gasteiger charge is -2.11. The van der Waals surface area contributed by atoms with Crippen molar-refractivity contribution < 1.29 is 18.6 Å². The van der Waals surface area contributed by atoms with Gasteiger partial charge < -0.3 is 19.5 Å². The third-order valence-corrected chi connectivity index (χ3v) is 3.04. The molecule has 0 amide bonds. The minimum Gasteiger partial charge on any atom is -0.493 e. The number of rotatable bonds is 10. The van der Waals surface area contributed by atoms with E-state index in [1.54, 1.807) is 6.07 Å². The van der Waals surface area contributed by atoms with Crippen LogP contribution in [0.5, 0.6) is 11.5 Å². The molecule has 0 saturated carbocycles. The van der Waals surface area contributed by atoms with Gasteiger partial charge in [0.1, 0.15) is 5.82 Å². The summed E-state index contributed by atoms with van der Waals surface area (Å²) in [5.74, 6) is 1.27. The van der Waals surface area contributed by atoms with Gasteiger partial charge in [-0.2, -0.15) is 0 Å². The Bertz CT molecular complexity index is 424. The van der Waals surface area contributed by atoms with Gasteiger partial charge in [0.25, 0.3) is 0 Å². The Balaban J connectivity index is 2.35. The van der Waals surface area contributed by atoms with Gasteiger partial charge in [-0.1, -0.05) is 13.8 Å². The Kier molecular flexibility index (Phi) is 8.08. The van der Waals surface area contributed by atoms with Crippen LogP contribution in [0, 0.1) is 11.7 Å². The SMILES string of the molecule is COc1cc(F)c(CCOCCNCC(C)C)cc1OC. The molecule has 0 aliphatic carbocycles. The Morgan fingerprint density at radius 2 is 1.76 bits per heavy atom. The van der Waals surface area contributed by atoms with Crippen LogP contribution in [-0.4, -0.2) is 40.5 Å². The van der Waals surface area contributed by atoms with E-state index >= 15 is 0 Å². The molecular weight excluding hydrogens is 273 g/mol. The number of benzene rings is 1. The smallest absolute Gasteiger partial charge is 0.163 e. The summed E-state index contributed by atoms with van der Waals surface area (Å²) >= 11 is 0. The third-order valence-electron chi connectivity index (χ3n) is 3.04. The molecule has 1 rings (SSSR count). The topological polar surface area (TPSA) is 39.7 Å². The summed E-state index contributed by atoms with van der Waals surface area (Å²) in [6.45, 7) is 7.22. The summed E-state index contributed by atoms with van der Waals surface area (Å²) in [4.78, 5) is 0. The molecule has 21 heavy (non-hydrogen) atoms. The molecule has 120 valence electrons. The molecule has 4 nitrogen and oxygen atoms in total. The highest BCUT2D eigenvalue weighted by Gasteiger charge is 2.10. The van der Waals surface area contributed by atoms with Crippen LogP contribution in [-0.2, 0) is 11.2 Å². The zero-order valence-electron chi connectivity index (χ0n) is 13.4. The Morgan fingerprint density at radius 3 is 2.38 bits per heavy atom. The molecule has 0 atom stereocenters. The van der Waals surface area contributed by atoms with E-state index in [9.17, 15) is 4.39 Å². The monoisotopic (exact) mass is 299 g/mol. The average molecular weight is 299 g/mol. The maximum absolute atomic E-state index is 13.9. The molecule has 0 bridgehead atoms. The standard InChI is InChI=1S/C16H26FNO3/c1-12(2)11-18-6-8-21-7-5-13-9-15(19-3)16(20-4)10-14(13)17/h9-10,12,18H,5-8,11H2,1-4H3. The number of nitrogens with one attached hydrogen (secondary N) is 1. The van der Waals surface area contributed by atoms with Gasteiger partial charge in [0.15, 0.2) is 11.5 Å². The molecule has 5 heteroatoms. The van der Waals surface area contributed by atoms with Crippen LogP contribution in [0.15, 0.2) is 12.1 Å². The predicted molar refractivity (Wildman–Crippen MR) is 81.7 cm³/mol. The molecule has 0 unspecified atom stereocenters. The highest BCUT2D eigenvalue weighted by molar-refractivity contribution is 5.43. The van der Waals surface area contributed by atoms with E-state index < -0.39 is 0 Å². The van der Waals surface area contributed by atoms with E-state index in [-0.39, 0.29) is 5.82 Å². The van der Waals surface area contributed by atoms with Gasteiger partial charge in [-0.3, -0.25) is 0 Å². The highest BCUT2D eigenvalue weighted by Crippen LogP contribution is 2.29. The quantitative estimate of drug-likeness (QED) is 0.674. The molecule has 0 aliphatic heterocycles. The van der Waals surface area contributed by atoms with Crippen molar-refractivity contribution in [3.8, 4) is 11.5 Å². The fourth-order valence-corrected chi connectivity index (χ4v) is 1.91. The largest absolute Gasteiger partial charge is 0.493 e. The minimum absolute atomic E-state index is 0.297. The van der Waals surface area contributed by atoms with Crippen LogP contribution < -0.4 is 14.8 Å². The predicted octanol–water partition coefficient (Wildman–Crippen LogP) is 2.65. The number of halogens is 1. The zero-order valence-corrected chi connectivity index (χ0v) is 13.4. The van der Waals surface area contributed by atoms with Crippen LogP contribution in [0.1, 0.15) is 19.4 Å². The van der Waals surface area contributed by atoms with Gasteiger partial charge >= 0.3 is 0 Å². The first-order valence-electron chi connectivity index (χ1n) is 7.27. The van der Waals surface area contributed by atoms with Crippen LogP contribution in [0.3, 0.4) is 0 Å². The summed E-state index contributed by atoms with van der Waals surface area (Å²) in [5.41, 5.74) is 0.572. The number of hydrogen-bond acceptors (Lipinski definition) is 4. The summed E-state index contributed by atoms with van der Waals surface area (Å²) in [5, 5.41) is 3.29. The summed E-state index contributed by atoms with van der Waals surface area (Å²) in [7, 11) is 3.03. The van der Waals surface area contributed by atoms with Crippen LogP contribution in [0.4, 0.5) is 4.39 Å². The molecule has 0 saturated heterocycles. The highest BCUT2D eigenvalue weighted by atomic mass is 19.1. The molecule has 1 N–H and O–H groups in total. The van der Waals surface area contributed by atoms with Gasteiger partial charge in [-0.05, 0) is 30.5 Å². The van der Waals surface area contributed by atoms with Crippen molar-refractivity contribution in [2.45, 2.75) is 20.3 Å². The Labute approximate surface area is 126 Å². The maximum atomic E-state index is 13.9. The molecule has 1 aromatic carbocycles. The first kappa shape index (κ1) is 17.7.